The number of hydrogen-bond acceptors (Lipinski definition) is 5. The SMILES string of the molecule is C=C(/C=C(F)\C=C(/C)F)[C@@H]1CC[C@H]2OC3(CCN(C(=O)c4cocn4)CC3)C(=O)N21. The molecule has 1 aromatic heterocycles. The number of nitrogens with zero attached hydrogens (tertiary/aromatic N) is 3. The first-order valence-electron chi connectivity index (χ1n) is 9.88. The molecule has 0 bridgehead atoms. The largest absolute Gasteiger partial charge is 0.451 e. The summed E-state index contributed by atoms with van der Waals surface area (Å²) in [5, 5.41) is 0. The predicted octanol–water partition coefficient (Wildman–Crippen LogP) is 3.28. The van der Waals surface area contributed by atoms with Crippen molar-refractivity contribution < 1.29 is 27.5 Å². The predicted molar refractivity (Wildman–Crippen MR) is 102 cm³/mol. The van der Waals surface area contributed by atoms with Crippen LogP contribution < -0.4 is 0 Å². The van der Waals surface area contributed by atoms with E-state index in [1.165, 1.54) is 12.7 Å². The van der Waals surface area contributed by atoms with E-state index in [2.05, 4.69) is 11.6 Å². The van der Waals surface area contributed by atoms with Crippen molar-refractivity contribution in [2.75, 3.05) is 13.1 Å². The second-order valence-electron chi connectivity index (χ2n) is 7.87. The van der Waals surface area contributed by atoms with Gasteiger partial charge in [0.2, 0.25) is 0 Å². The number of ether oxygens (including phenoxy) is 1. The molecule has 3 saturated heterocycles. The number of oxazole rings is 1. The quantitative estimate of drug-likeness (QED) is 0.700. The number of aromatic nitrogens is 1. The number of amides is 2. The van der Waals surface area contributed by atoms with Crippen LogP contribution >= 0.6 is 0 Å². The molecular formula is C21H23F2N3O4. The molecule has 0 radical (unpaired) electrons. The van der Waals surface area contributed by atoms with Crippen LogP contribution in [0.1, 0.15) is 43.1 Å². The minimum absolute atomic E-state index is 0.157. The molecule has 0 aromatic carbocycles. The van der Waals surface area contributed by atoms with Crippen molar-refractivity contribution in [1.29, 1.82) is 0 Å². The highest BCUT2D eigenvalue weighted by Crippen LogP contribution is 2.44. The minimum Gasteiger partial charge on any atom is -0.451 e. The van der Waals surface area contributed by atoms with E-state index in [1.807, 2.05) is 0 Å². The van der Waals surface area contributed by atoms with Gasteiger partial charge in [-0.1, -0.05) is 6.58 Å². The van der Waals surface area contributed by atoms with Crippen LogP contribution in [-0.4, -0.2) is 57.6 Å². The van der Waals surface area contributed by atoms with Crippen molar-refractivity contribution in [3.05, 3.63) is 54.3 Å². The van der Waals surface area contributed by atoms with Crippen LogP contribution in [0.3, 0.4) is 0 Å². The van der Waals surface area contributed by atoms with Gasteiger partial charge in [0.25, 0.3) is 11.8 Å². The standard InChI is InChI=1S/C21H23F2N3O4/c1-13(9-15(23)10-14(2)22)17-3-4-18-26(17)20(28)21(30-18)5-7-25(8-6-21)19(27)16-11-29-12-24-16/h9-12,17-18H,1,3-8H2,2H3/b14-10+,15-9+/t17-,18+/m0/s1. The Morgan fingerprint density at radius 3 is 2.67 bits per heavy atom. The monoisotopic (exact) mass is 419 g/mol. The van der Waals surface area contributed by atoms with Gasteiger partial charge in [-0.15, -0.1) is 0 Å². The third-order valence-corrected chi connectivity index (χ3v) is 5.92. The molecule has 160 valence electrons. The van der Waals surface area contributed by atoms with Gasteiger partial charge in [0, 0.05) is 32.0 Å². The van der Waals surface area contributed by atoms with Gasteiger partial charge >= 0.3 is 0 Å². The molecular weight excluding hydrogens is 396 g/mol. The Bertz CT molecular complexity index is 913. The lowest BCUT2D eigenvalue weighted by Crippen LogP contribution is -2.52. The van der Waals surface area contributed by atoms with E-state index in [4.69, 9.17) is 9.15 Å². The van der Waals surface area contributed by atoms with Gasteiger partial charge in [0.15, 0.2) is 17.7 Å². The minimum atomic E-state index is -0.984. The number of allylic oxidation sites excluding steroid dienone is 3. The van der Waals surface area contributed by atoms with Crippen LogP contribution in [0.2, 0.25) is 0 Å². The molecule has 0 saturated carbocycles. The van der Waals surface area contributed by atoms with E-state index in [9.17, 15) is 18.4 Å². The van der Waals surface area contributed by atoms with Crippen LogP contribution in [0, 0.1) is 0 Å². The topological polar surface area (TPSA) is 75.9 Å². The Labute approximate surface area is 172 Å². The average Bonchev–Trinajstić information content (AvgIpc) is 3.41. The number of halogens is 2. The molecule has 1 spiro atoms. The highest BCUT2D eigenvalue weighted by atomic mass is 19.1. The van der Waals surface area contributed by atoms with Gasteiger partial charge in [-0.05, 0) is 31.4 Å². The molecule has 9 heteroatoms. The highest BCUT2D eigenvalue weighted by molar-refractivity contribution is 5.93. The Morgan fingerprint density at radius 2 is 2.03 bits per heavy atom. The fourth-order valence-corrected chi connectivity index (χ4v) is 4.47. The number of likely N-dealkylation sites (tertiary alicyclic amines) is 1. The van der Waals surface area contributed by atoms with Gasteiger partial charge in [0.05, 0.1) is 11.9 Å². The molecule has 1 aromatic rings. The van der Waals surface area contributed by atoms with Crippen molar-refractivity contribution in [2.24, 2.45) is 0 Å². The number of hydrogen-bond donors (Lipinski definition) is 0. The maximum absolute atomic E-state index is 13.9. The molecule has 3 fully saturated rings. The van der Waals surface area contributed by atoms with E-state index in [0.717, 1.165) is 19.1 Å². The summed E-state index contributed by atoms with van der Waals surface area (Å²) in [5.41, 5.74) is -0.352. The molecule has 2 atom stereocenters. The zero-order valence-corrected chi connectivity index (χ0v) is 16.6. The molecule has 4 heterocycles. The third kappa shape index (κ3) is 3.58. The summed E-state index contributed by atoms with van der Waals surface area (Å²) in [5.74, 6) is -1.79. The lowest BCUT2D eigenvalue weighted by Gasteiger charge is -2.37. The molecule has 4 rings (SSSR count). The van der Waals surface area contributed by atoms with E-state index < -0.39 is 29.5 Å². The first-order valence-corrected chi connectivity index (χ1v) is 9.88. The summed E-state index contributed by atoms with van der Waals surface area (Å²) in [4.78, 5) is 32.9. The lowest BCUT2D eigenvalue weighted by molar-refractivity contribution is -0.142. The van der Waals surface area contributed by atoms with Gasteiger partial charge < -0.3 is 19.0 Å². The zero-order chi connectivity index (χ0) is 21.5. The Kier molecular flexibility index (Phi) is 5.31. The molecule has 0 unspecified atom stereocenters. The van der Waals surface area contributed by atoms with Gasteiger partial charge in [-0.3, -0.25) is 9.59 Å². The van der Waals surface area contributed by atoms with Crippen LogP contribution in [-0.2, 0) is 9.53 Å². The first-order chi connectivity index (χ1) is 14.3. The van der Waals surface area contributed by atoms with E-state index in [1.54, 1.807) is 9.80 Å². The van der Waals surface area contributed by atoms with Crippen molar-refractivity contribution in [3.63, 3.8) is 0 Å². The smallest absolute Gasteiger partial charge is 0.275 e. The molecule has 0 aliphatic carbocycles. The zero-order valence-electron chi connectivity index (χ0n) is 16.6. The first kappa shape index (κ1) is 20.5. The summed E-state index contributed by atoms with van der Waals surface area (Å²) in [6.07, 6.45) is 6.00. The molecule has 7 nitrogen and oxygen atoms in total. The summed E-state index contributed by atoms with van der Waals surface area (Å²) in [7, 11) is 0. The van der Waals surface area contributed by atoms with Crippen molar-refractivity contribution in [1.82, 2.24) is 14.8 Å². The second-order valence-corrected chi connectivity index (χ2v) is 7.87. The molecule has 3 aliphatic rings. The summed E-state index contributed by atoms with van der Waals surface area (Å²) in [6, 6.07) is -0.393. The number of carbonyl (C=O) groups is 2. The summed E-state index contributed by atoms with van der Waals surface area (Å²) in [6.45, 7) is 5.77. The van der Waals surface area contributed by atoms with Crippen LogP contribution in [0.15, 0.2) is 53.0 Å². The Morgan fingerprint density at radius 1 is 1.30 bits per heavy atom. The molecule has 0 N–H and O–H groups in total. The van der Waals surface area contributed by atoms with Crippen LogP contribution in [0.4, 0.5) is 8.78 Å². The van der Waals surface area contributed by atoms with Crippen molar-refractivity contribution in [2.45, 2.75) is 50.5 Å². The molecule has 30 heavy (non-hydrogen) atoms. The Hall–Kier alpha value is -2.81. The number of piperidine rings is 1. The highest BCUT2D eigenvalue weighted by Gasteiger charge is 2.58. The fraction of sp³-hybridized carbons (Fsp3) is 0.476. The van der Waals surface area contributed by atoms with Gasteiger partial charge in [-0.2, -0.15) is 0 Å². The lowest BCUT2D eigenvalue weighted by atomic mass is 9.89. The normalized spacial score (nSPS) is 26.4. The van der Waals surface area contributed by atoms with Crippen LogP contribution in [0.5, 0.6) is 0 Å². The fourth-order valence-electron chi connectivity index (χ4n) is 4.47. The van der Waals surface area contributed by atoms with Crippen molar-refractivity contribution in [3.8, 4) is 0 Å². The number of fused-ring (bicyclic) bond motifs is 1. The average molecular weight is 419 g/mol. The summed E-state index contributed by atoms with van der Waals surface area (Å²) >= 11 is 0. The Balaban J connectivity index is 1.44. The molecule has 2 amide bonds. The van der Waals surface area contributed by atoms with Gasteiger partial charge in [-0.25, -0.2) is 13.8 Å². The van der Waals surface area contributed by atoms with Crippen molar-refractivity contribution >= 4 is 11.8 Å². The second kappa shape index (κ2) is 7.79. The van der Waals surface area contributed by atoms with E-state index >= 15 is 0 Å². The van der Waals surface area contributed by atoms with E-state index in [-0.39, 0.29) is 17.5 Å². The number of carbonyl (C=O) groups excluding carboxylic acids is 2. The summed E-state index contributed by atoms with van der Waals surface area (Å²) < 4.78 is 37.8. The van der Waals surface area contributed by atoms with Gasteiger partial charge in [0.1, 0.15) is 18.3 Å². The molecule has 3 aliphatic heterocycles. The maximum atomic E-state index is 13.9. The van der Waals surface area contributed by atoms with Crippen LogP contribution in [0.25, 0.3) is 0 Å². The maximum Gasteiger partial charge on any atom is 0.275 e. The number of rotatable bonds is 4. The third-order valence-electron chi connectivity index (χ3n) is 5.92. The van der Waals surface area contributed by atoms with E-state index in [0.29, 0.717) is 44.3 Å².